The highest BCUT2D eigenvalue weighted by Gasteiger charge is 2.19. The highest BCUT2D eigenvalue weighted by Crippen LogP contribution is 2.46. The van der Waals surface area contributed by atoms with Gasteiger partial charge < -0.3 is 9.80 Å². The fraction of sp³-hybridized carbons (Fsp3) is 0.0256. The number of hydrogen-bond acceptors (Lipinski definition) is 2. The molecule has 0 unspecified atom stereocenters. The predicted octanol–water partition coefficient (Wildman–Crippen LogP) is 11.0. The standard InChI is InChI=1S/C39H28N2/c1-40(28-13-4-2-5-14-28)29-21-23-31(24-22-29)41(30-15-6-3-7-16-30)37-26-25-35-33-18-9-12-27-11-8-17-32(38(27)33)34-19-10-20-36(37)39(34)35/h2-26H,1H3. The molecule has 0 heterocycles. The number of rotatable bonds is 5. The van der Waals surface area contributed by atoms with Crippen molar-refractivity contribution in [1.29, 1.82) is 0 Å². The molecule has 0 fully saturated rings. The number of anilines is 5. The molecule has 0 aliphatic heterocycles. The lowest BCUT2D eigenvalue weighted by atomic mass is 9.89. The number of hydrogen-bond donors (Lipinski definition) is 0. The Morgan fingerprint density at radius 2 is 0.805 bits per heavy atom. The van der Waals surface area contributed by atoms with Gasteiger partial charge in [0.2, 0.25) is 0 Å². The molecule has 2 nitrogen and oxygen atoms in total. The molecule has 2 heteroatoms. The van der Waals surface area contributed by atoms with Gasteiger partial charge >= 0.3 is 0 Å². The largest absolute Gasteiger partial charge is 0.345 e. The van der Waals surface area contributed by atoms with Crippen LogP contribution in [0, 0.1) is 0 Å². The SMILES string of the molecule is CN(c1ccccc1)c1ccc(N(c2ccccc2)c2ccc3c4cccc5cccc(c6cccc2c63)c54)cc1. The lowest BCUT2D eigenvalue weighted by Gasteiger charge is -2.28. The summed E-state index contributed by atoms with van der Waals surface area (Å²) < 4.78 is 0. The number of para-hydroxylation sites is 2. The zero-order chi connectivity index (χ0) is 27.3. The maximum Gasteiger partial charge on any atom is 0.0540 e. The normalized spacial score (nSPS) is 11.5. The summed E-state index contributed by atoms with van der Waals surface area (Å²) in [4.78, 5) is 4.60. The second kappa shape index (κ2) is 9.39. The highest BCUT2D eigenvalue weighted by atomic mass is 15.1. The van der Waals surface area contributed by atoms with Crippen molar-refractivity contribution in [3.05, 3.63) is 152 Å². The third-order valence-electron chi connectivity index (χ3n) is 8.40. The summed E-state index contributed by atoms with van der Waals surface area (Å²) in [6.07, 6.45) is 0. The Balaban J connectivity index is 1.35. The molecule has 0 amide bonds. The van der Waals surface area contributed by atoms with E-state index in [1.807, 2.05) is 0 Å². The van der Waals surface area contributed by atoms with Gasteiger partial charge in [0.25, 0.3) is 0 Å². The van der Waals surface area contributed by atoms with E-state index >= 15 is 0 Å². The molecule has 0 aromatic heterocycles. The molecular weight excluding hydrogens is 496 g/mol. The summed E-state index contributed by atoms with van der Waals surface area (Å²) in [7, 11) is 2.12. The first-order chi connectivity index (χ1) is 20.3. The average molecular weight is 525 g/mol. The Morgan fingerprint density at radius 1 is 0.341 bits per heavy atom. The van der Waals surface area contributed by atoms with E-state index < -0.39 is 0 Å². The molecule has 8 aromatic rings. The maximum absolute atomic E-state index is 2.39. The van der Waals surface area contributed by atoms with E-state index in [2.05, 4.69) is 169 Å². The topological polar surface area (TPSA) is 6.48 Å². The van der Waals surface area contributed by atoms with Gasteiger partial charge in [-0.2, -0.15) is 0 Å². The first-order valence-electron chi connectivity index (χ1n) is 14.1. The lowest BCUT2D eigenvalue weighted by molar-refractivity contribution is 1.20. The van der Waals surface area contributed by atoms with Crippen LogP contribution in [0.15, 0.2) is 152 Å². The Hall–Kier alpha value is -5.34. The zero-order valence-electron chi connectivity index (χ0n) is 22.8. The molecular formula is C39H28N2. The Kier molecular flexibility index (Phi) is 5.39. The minimum atomic E-state index is 1.13. The third kappa shape index (κ3) is 3.72. The summed E-state index contributed by atoms with van der Waals surface area (Å²) >= 11 is 0. The van der Waals surface area contributed by atoms with Crippen LogP contribution < -0.4 is 9.80 Å². The minimum absolute atomic E-state index is 1.13. The average Bonchev–Trinajstić information content (AvgIpc) is 3.05. The van der Waals surface area contributed by atoms with E-state index in [0.29, 0.717) is 0 Å². The molecule has 0 bridgehead atoms. The van der Waals surface area contributed by atoms with Crippen LogP contribution in [0.1, 0.15) is 0 Å². The van der Waals surface area contributed by atoms with Crippen LogP contribution in [0.25, 0.3) is 43.1 Å². The van der Waals surface area contributed by atoms with Crippen LogP contribution in [0.3, 0.4) is 0 Å². The fourth-order valence-corrected chi connectivity index (χ4v) is 6.46. The summed E-state index contributed by atoms with van der Waals surface area (Å²) in [6, 6.07) is 54.8. The molecule has 0 saturated carbocycles. The van der Waals surface area contributed by atoms with Crippen LogP contribution in [-0.2, 0) is 0 Å². The number of nitrogens with zero attached hydrogens (tertiary/aromatic N) is 2. The van der Waals surface area contributed by atoms with Crippen LogP contribution in [0.4, 0.5) is 28.4 Å². The summed E-state index contributed by atoms with van der Waals surface area (Å²) in [5.74, 6) is 0. The molecule has 0 radical (unpaired) electrons. The molecule has 0 aliphatic rings. The smallest absolute Gasteiger partial charge is 0.0540 e. The van der Waals surface area contributed by atoms with Gasteiger partial charge in [0.15, 0.2) is 0 Å². The Morgan fingerprint density at radius 3 is 1.46 bits per heavy atom. The van der Waals surface area contributed by atoms with E-state index in [1.54, 1.807) is 0 Å². The van der Waals surface area contributed by atoms with Gasteiger partial charge in [-0.15, -0.1) is 0 Å². The van der Waals surface area contributed by atoms with Crippen molar-refractivity contribution in [2.45, 2.75) is 0 Å². The molecule has 8 rings (SSSR count). The monoisotopic (exact) mass is 524 g/mol. The second-order valence-corrected chi connectivity index (χ2v) is 10.7. The quantitative estimate of drug-likeness (QED) is 0.163. The van der Waals surface area contributed by atoms with Crippen molar-refractivity contribution < 1.29 is 0 Å². The Labute approximate surface area is 239 Å². The third-order valence-corrected chi connectivity index (χ3v) is 8.40. The molecule has 0 spiro atoms. The van der Waals surface area contributed by atoms with Gasteiger partial charge in [-0.1, -0.05) is 97.1 Å². The van der Waals surface area contributed by atoms with Gasteiger partial charge in [0, 0.05) is 35.2 Å². The first kappa shape index (κ1) is 23.5. The van der Waals surface area contributed by atoms with E-state index in [-0.39, 0.29) is 0 Å². The van der Waals surface area contributed by atoms with Gasteiger partial charge in [-0.3, -0.25) is 0 Å². The van der Waals surface area contributed by atoms with Crippen molar-refractivity contribution in [2.24, 2.45) is 0 Å². The minimum Gasteiger partial charge on any atom is -0.345 e. The van der Waals surface area contributed by atoms with Gasteiger partial charge in [-0.05, 0) is 92.3 Å². The highest BCUT2D eigenvalue weighted by molar-refractivity contribution is 6.34. The van der Waals surface area contributed by atoms with E-state index in [0.717, 1.165) is 17.1 Å². The molecule has 8 aromatic carbocycles. The van der Waals surface area contributed by atoms with Crippen molar-refractivity contribution in [2.75, 3.05) is 16.8 Å². The molecule has 0 atom stereocenters. The summed E-state index contributed by atoms with van der Waals surface area (Å²) in [5.41, 5.74) is 5.75. The van der Waals surface area contributed by atoms with E-state index in [9.17, 15) is 0 Å². The van der Waals surface area contributed by atoms with Gasteiger partial charge in [-0.25, -0.2) is 0 Å². The van der Waals surface area contributed by atoms with Gasteiger partial charge in [0.1, 0.15) is 0 Å². The predicted molar refractivity (Wildman–Crippen MR) is 177 cm³/mol. The summed E-state index contributed by atoms with van der Waals surface area (Å²) in [6.45, 7) is 0. The van der Waals surface area contributed by atoms with Crippen LogP contribution >= 0.6 is 0 Å². The molecule has 194 valence electrons. The molecule has 0 N–H and O–H groups in total. The maximum atomic E-state index is 2.39. The van der Waals surface area contributed by atoms with Gasteiger partial charge in [0.05, 0.1) is 5.69 Å². The molecule has 0 aliphatic carbocycles. The van der Waals surface area contributed by atoms with Crippen LogP contribution in [0.5, 0.6) is 0 Å². The second-order valence-electron chi connectivity index (χ2n) is 10.7. The lowest BCUT2D eigenvalue weighted by Crippen LogP contribution is -2.12. The van der Waals surface area contributed by atoms with E-state index in [4.69, 9.17) is 0 Å². The van der Waals surface area contributed by atoms with Crippen molar-refractivity contribution in [3.8, 4) is 0 Å². The molecule has 0 saturated heterocycles. The Bertz CT molecular complexity index is 2100. The fourth-order valence-electron chi connectivity index (χ4n) is 6.46. The van der Waals surface area contributed by atoms with E-state index in [1.165, 1.54) is 54.5 Å². The van der Waals surface area contributed by atoms with Crippen molar-refractivity contribution in [1.82, 2.24) is 0 Å². The number of fused-ring (bicyclic) bond motifs is 2. The first-order valence-corrected chi connectivity index (χ1v) is 14.1. The van der Waals surface area contributed by atoms with Crippen LogP contribution in [0.2, 0.25) is 0 Å². The zero-order valence-corrected chi connectivity index (χ0v) is 22.8. The van der Waals surface area contributed by atoms with Crippen molar-refractivity contribution in [3.63, 3.8) is 0 Å². The van der Waals surface area contributed by atoms with Crippen molar-refractivity contribution >= 4 is 71.5 Å². The van der Waals surface area contributed by atoms with Crippen LogP contribution in [-0.4, -0.2) is 7.05 Å². The summed E-state index contributed by atoms with van der Waals surface area (Å²) in [5, 5.41) is 10.4. The number of benzene rings is 8. The molecule has 41 heavy (non-hydrogen) atoms.